The van der Waals surface area contributed by atoms with Crippen LogP contribution in [0.3, 0.4) is 0 Å². The maximum atomic E-state index is 9.17. The van der Waals surface area contributed by atoms with Crippen molar-refractivity contribution in [2.75, 3.05) is 13.2 Å². The van der Waals surface area contributed by atoms with E-state index in [9.17, 15) is 0 Å². The normalized spacial score (nSPS) is 26.0. The molecule has 0 saturated carbocycles. The number of ether oxygens (including phenoxy) is 1. The fourth-order valence-electron chi connectivity index (χ4n) is 1.57. The van der Waals surface area contributed by atoms with E-state index in [1.807, 2.05) is 0 Å². The molecule has 12 heavy (non-hydrogen) atoms. The Bertz CT molecular complexity index is 113. The number of hydrogen-bond acceptors (Lipinski definition) is 3. The molecular weight excluding hydrogens is 154 g/mol. The van der Waals surface area contributed by atoms with Gasteiger partial charge in [-0.2, -0.15) is 0 Å². The fraction of sp³-hybridized carbons (Fsp3) is 1.00. The summed E-state index contributed by atoms with van der Waals surface area (Å²) < 4.78 is 5.46. The molecule has 3 N–H and O–H groups in total. The maximum absolute atomic E-state index is 9.17. The van der Waals surface area contributed by atoms with Crippen LogP contribution in [0.2, 0.25) is 0 Å². The lowest BCUT2D eigenvalue weighted by atomic mass is 10.1. The van der Waals surface area contributed by atoms with Crippen molar-refractivity contribution in [3.05, 3.63) is 0 Å². The second-order valence-corrected chi connectivity index (χ2v) is 3.46. The molecule has 1 saturated heterocycles. The van der Waals surface area contributed by atoms with Gasteiger partial charge in [0.15, 0.2) is 0 Å². The van der Waals surface area contributed by atoms with Crippen LogP contribution in [0.1, 0.15) is 32.1 Å². The van der Waals surface area contributed by atoms with Gasteiger partial charge >= 0.3 is 0 Å². The zero-order valence-electron chi connectivity index (χ0n) is 7.54. The third-order valence-electron chi connectivity index (χ3n) is 2.36. The van der Waals surface area contributed by atoms with Crippen molar-refractivity contribution in [3.63, 3.8) is 0 Å². The number of hydrogen-bond donors (Lipinski definition) is 2. The highest BCUT2D eigenvalue weighted by molar-refractivity contribution is 4.66. The Kier molecular flexibility index (Phi) is 4.58. The smallest absolute Gasteiger partial charge is 0.0662 e. The highest BCUT2D eigenvalue weighted by Gasteiger charge is 2.15. The van der Waals surface area contributed by atoms with Crippen LogP contribution in [0, 0.1) is 0 Å². The first kappa shape index (κ1) is 9.96. The van der Waals surface area contributed by atoms with Gasteiger partial charge in [0.05, 0.1) is 12.2 Å². The first-order valence-electron chi connectivity index (χ1n) is 4.82. The van der Waals surface area contributed by atoms with Crippen molar-refractivity contribution in [2.45, 2.75) is 44.3 Å². The van der Waals surface area contributed by atoms with Gasteiger partial charge in [-0.25, -0.2) is 0 Å². The second-order valence-electron chi connectivity index (χ2n) is 3.46. The Hall–Kier alpha value is -0.120. The zero-order valence-corrected chi connectivity index (χ0v) is 7.54. The minimum absolute atomic E-state index is 0.314. The van der Waals surface area contributed by atoms with Crippen LogP contribution in [0.4, 0.5) is 0 Å². The van der Waals surface area contributed by atoms with Gasteiger partial charge < -0.3 is 15.6 Å². The molecule has 0 bridgehead atoms. The van der Waals surface area contributed by atoms with Gasteiger partial charge in [-0.05, 0) is 32.1 Å². The van der Waals surface area contributed by atoms with Crippen molar-refractivity contribution < 1.29 is 9.84 Å². The summed E-state index contributed by atoms with van der Waals surface area (Å²) in [6.45, 7) is 1.30. The zero-order chi connectivity index (χ0) is 8.81. The molecule has 1 fully saturated rings. The summed E-state index contributed by atoms with van der Waals surface area (Å²) in [6.07, 6.45) is 5.46. The standard InChI is InChI=1S/C9H19NO2/c10-7-8(11)3-1-4-9-5-2-6-12-9/h8-9,11H,1-7,10H2. The van der Waals surface area contributed by atoms with Gasteiger partial charge in [-0.15, -0.1) is 0 Å². The first-order chi connectivity index (χ1) is 5.83. The molecule has 0 aromatic heterocycles. The molecule has 72 valence electrons. The van der Waals surface area contributed by atoms with E-state index < -0.39 is 0 Å². The Morgan fingerprint density at radius 3 is 3.00 bits per heavy atom. The number of nitrogens with two attached hydrogens (primary N) is 1. The lowest BCUT2D eigenvalue weighted by Gasteiger charge is -2.10. The Morgan fingerprint density at radius 1 is 1.58 bits per heavy atom. The van der Waals surface area contributed by atoms with Crippen LogP contribution in [0.15, 0.2) is 0 Å². The molecule has 0 spiro atoms. The van der Waals surface area contributed by atoms with Crippen molar-refractivity contribution >= 4 is 0 Å². The van der Waals surface area contributed by atoms with Crippen molar-refractivity contribution in [2.24, 2.45) is 5.73 Å². The van der Waals surface area contributed by atoms with E-state index >= 15 is 0 Å². The Balaban J connectivity index is 1.94. The predicted octanol–water partition coefficient (Wildman–Crippen LogP) is 0.655. The molecular formula is C9H19NO2. The van der Waals surface area contributed by atoms with Gasteiger partial charge in [-0.1, -0.05) is 0 Å². The monoisotopic (exact) mass is 173 g/mol. The van der Waals surface area contributed by atoms with Gasteiger partial charge in [-0.3, -0.25) is 0 Å². The number of rotatable bonds is 5. The Morgan fingerprint density at radius 2 is 2.42 bits per heavy atom. The van der Waals surface area contributed by atoms with Gasteiger partial charge in [0, 0.05) is 13.2 Å². The van der Waals surface area contributed by atoms with Crippen LogP contribution >= 0.6 is 0 Å². The summed E-state index contributed by atoms with van der Waals surface area (Å²) in [4.78, 5) is 0. The molecule has 0 aromatic carbocycles. The number of aliphatic hydroxyl groups is 1. The van der Waals surface area contributed by atoms with Crippen LogP contribution in [0.5, 0.6) is 0 Å². The molecule has 1 aliphatic heterocycles. The SMILES string of the molecule is NCC(O)CCCC1CCCO1. The van der Waals surface area contributed by atoms with Gasteiger partial charge in [0.1, 0.15) is 0 Å². The van der Waals surface area contributed by atoms with E-state index in [1.54, 1.807) is 0 Å². The quantitative estimate of drug-likeness (QED) is 0.642. The van der Waals surface area contributed by atoms with E-state index in [4.69, 9.17) is 15.6 Å². The molecule has 2 atom stereocenters. The average Bonchev–Trinajstić information content (AvgIpc) is 2.57. The van der Waals surface area contributed by atoms with E-state index in [0.29, 0.717) is 12.6 Å². The van der Waals surface area contributed by atoms with Gasteiger partial charge in [0.25, 0.3) is 0 Å². The fourth-order valence-corrected chi connectivity index (χ4v) is 1.57. The largest absolute Gasteiger partial charge is 0.392 e. The topological polar surface area (TPSA) is 55.5 Å². The second kappa shape index (κ2) is 5.51. The molecule has 0 aromatic rings. The van der Waals surface area contributed by atoms with E-state index in [-0.39, 0.29) is 6.10 Å². The molecule has 0 amide bonds. The molecule has 0 radical (unpaired) electrons. The Labute approximate surface area is 73.9 Å². The minimum atomic E-state index is -0.314. The van der Waals surface area contributed by atoms with E-state index in [2.05, 4.69) is 0 Å². The van der Waals surface area contributed by atoms with Crippen molar-refractivity contribution in [1.29, 1.82) is 0 Å². The lowest BCUT2D eigenvalue weighted by Crippen LogP contribution is -2.19. The van der Waals surface area contributed by atoms with E-state index in [0.717, 1.165) is 25.9 Å². The predicted molar refractivity (Wildman–Crippen MR) is 47.9 cm³/mol. The maximum Gasteiger partial charge on any atom is 0.0662 e. The molecule has 0 aliphatic carbocycles. The summed E-state index contributed by atoms with van der Waals surface area (Å²) in [7, 11) is 0. The summed E-state index contributed by atoms with van der Waals surface area (Å²) in [5, 5.41) is 9.17. The minimum Gasteiger partial charge on any atom is -0.392 e. The third kappa shape index (κ3) is 3.52. The van der Waals surface area contributed by atoms with Crippen molar-refractivity contribution in [1.82, 2.24) is 0 Å². The summed E-state index contributed by atoms with van der Waals surface area (Å²) >= 11 is 0. The van der Waals surface area contributed by atoms with E-state index in [1.165, 1.54) is 12.8 Å². The molecule has 3 nitrogen and oxygen atoms in total. The molecule has 2 unspecified atom stereocenters. The summed E-state index contributed by atoms with van der Waals surface area (Å²) in [5.74, 6) is 0. The number of aliphatic hydroxyl groups excluding tert-OH is 1. The third-order valence-corrected chi connectivity index (χ3v) is 2.36. The van der Waals surface area contributed by atoms with Crippen LogP contribution in [0.25, 0.3) is 0 Å². The molecule has 1 heterocycles. The van der Waals surface area contributed by atoms with Crippen LogP contribution in [-0.4, -0.2) is 30.5 Å². The highest BCUT2D eigenvalue weighted by atomic mass is 16.5. The summed E-state index contributed by atoms with van der Waals surface area (Å²) in [6, 6.07) is 0. The molecule has 1 rings (SSSR count). The van der Waals surface area contributed by atoms with Crippen molar-refractivity contribution in [3.8, 4) is 0 Å². The van der Waals surface area contributed by atoms with Crippen LogP contribution < -0.4 is 5.73 Å². The lowest BCUT2D eigenvalue weighted by molar-refractivity contribution is 0.0953. The van der Waals surface area contributed by atoms with Crippen LogP contribution in [-0.2, 0) is 4.74 Å². The average molecular weight is 173 g/mol. The molecule has 3 heteroatoms. The highest BCUT2D eigenvalue weighted by Crippen LogP contribution is 2.17. The van der Waals surface area contributed by atoms with Gasteiger partial charge in [0.2, 0.25) is 0 Å². The molecule has 1 aliphatic rings. The first-order valence-corrected chi connectivity index (χ1v) is 4.82. The summed E-state index contributed by atoms with van der Waals surface area (Å²) in [5.41, 5.74) is 5.29.